The molecule has 1 aromatic rings. The SMILES string of the molecule is CCN1CCCC[C@H]1CNC(=O)N(C)Cc1ccco1. The molecule has 112 valence electrons. The number of nitrogens with one attached hydrogen (secondary N) is 1. The zero-order chi connectivity index (χ0) is 14.4. The van der Waals surface area contributed by atoms with Crippen molar-refractivity contribution in [1.82, 2.24) is 15.1 Å². The van der Waals surface area contributed by atoms with Crippen LogP contribution in [0, 0.1) is 0 Å². The Labute approximate surface area is 120 Å². The van der Waals surface area contributed by atoms with Gasteiger partial charge in [-0.05, 0) is 38.1 Å². The predicted molar refractivity (Wildman–Crippen MR) is 78.5 cm³/mol. The molecule has 1 aliphatic rings. The van der Waals surface area contributed by atoms with Gasteiger partial charge in [0.2, 0.25) is 0 Å². The van der Waals surface area contributed by atoms with Crippen molar-refractivity contribution in [3.63, 3.8) is 0 Å². The molecule has 0 unspecified atom stereocenters. The Kier molecular flexibility index (Phi) is 5.47. The summed E-state index contributed by atoms with van der Waals surface area (Å²) in [5, 5.41) is 3.03. The zero-order valence-electron chi connectivity index (χ0n) is 12.5. The van der Waals surface area contributed by atoms with Crippen LogP contribution < -0.4 is 5.32 Å². The number of hydrogen-bond acceptors (Lipinski definition) is 3. The van der Waals surface area contributed by atoms with Gasteiger partial charge in [0.15, 0.2) is 0 Å². The van der Waals surface area contributed by atoms with Crippen molar-refractivity contribution in [3.8, 4) is 0 Å². The van der Waals surface area contributed by atoms with E-state index in [1.165, 1.54) is 19.3 Å². The lowest BCUT2D eigenvalue weighted by atomic mass is 10.0. The van der Waals surface area contributed by atoms with E-state index >= 15 is 0 Å². The summed E-state index contributed by atoms with van der Waals surface area (Å²) in [4.78, 5) is 16.2. The van der Waals surface area contributed by atoms with Gasteiger partial charge in [-0.3, -0.25) is 4.90 Å². The second-order valence-corrected chi connectivity index (χ2v) is 5.40. The number of rotatable bonds is 5. The van der Waals surface area contributed by atoms with Gasteiger partial charge in [0, 0.05) is 19.6 Å². The van der Waals surface area contributed by atoms with E-state index in [9.17, 15) is 4.79 Å². The molecule has 1 N–H and O–H groups in total. The molecule has 1 saturated heterocycles. The number of carbonyl (C=O) groups excluding carboxylic acids is 1. The van der Waals surface area contributed by atoms with Crippen LogP contribution in [0.5, 0.6) is 0 Å². The maximum Gasteiger partial charge on any atom is 0.317 e. The van der Waals surface area contributed by atoms with Crippen LogP contribution in [-0.2, 0) is 6.54 Å². The highest BCUT2D eigenvalue weighted by Gasteiger charge is 2.21. The van der Waals surface area contributed by atoms with Gasteiger partial charge in [-0.2, -0.15) is 0 Å². The van der Waals surface area contributed by atoms with Gasteiger partial charge in [-0.15, -0.1) is 0 Å². The third kappa shape index (κ3) is 4.00. The first-order valence-electron chi connectivity index (χ1n) is 7.46. The number of furan rings is 1. The van der Waals surface area contributed by atoms with E-state index in [2.05, 4.69) is 17.1 Å². The highest BCUT2D eigenvalue weighted by atomic mass is 16.3. The van der Waals surface area contributed by atoms with Crippen molar-refractivity contribution in [3.05, 3.63) is 24.2 Å². The zero-order valence-corrected chi connectivity index (χ0v) is 12.5. The van der Waals surface area contributed by atoms with Crippen LogP contribution in [0.15, 0.2) is 22.8 Å². The standard InChI is InChI=1S/C15H25N3O2/c1-3-18-9-5-4-7-13(18)11-16-15(19)17(2)12-14-8-6-10-20-14/h6,8,10,13H,3-5,7,9,11-12H2,1-2H3,(H,16,19)/t13-/m0/s1. The quantitative estimate of drug-likeness (QED) is 0.899. The van der Waals surface area contributed by atoms with E-state index in [0.717, 1.165) is 25.4 Å². The van der Waals surface area contributed by atoms with Crippen LogP contribution in [0.25, 0.3) is 0 Å². The summed E-state index contributed by atoms with van der Waals surface area (Å²) in [7, 11) is 1.79. The molecule has 0 aromatic carbocycles. The summed E-state index contributed by atoms with van der Waals surface area (Å²) in [6.45, 7) is 5.63. The molecule has 0 aliphatic carbocycles. The first-order valence-corrected chi connectivity index (χ1v) is 7.46. The topological polar surface area (TPSA) is 48.7 Å². The molecule has 20 heavy (non-hydrogen) atoms. The largest absolute Gasteiger partial charge is 0.467 e. The normalized spacial score (nSPS) is 19.8. The minimum Gasteiger partial charge on any atom is -0.467 e. The number of carbonyl (C=O) groups is 1. The van der Waals surface area contributed by atoms with Crippen LogP contribution in [0.3, 0.4) is 0 Å². The molecule has 2 amide bonds. The second-order valence-electron chi connectivity index (χ2n) is 5.40. The summed E-state index contributed by atoms with van der Waals surface area (Å²) >= 11 is 0. The highest BCUT2D eigenvalue weighted by Crippen LogP contribution is 2.15. The van der Waals surface area contributed by atoms with Gasteiger partial charge in [0.25, 0.3) is 0 Å². The minimum atomic E-state index is -0.0389. The van der Waals surface area contributed by atoms with Gasteiger partial charge in [-0.1, -0.05) is 13.3 Å². The van der Waals surface area contributed by atoms with Gasteiger partial charge in [0.1, 0.15) is 5.76 Å². The lowest BCUT2D eigenvalue weighted by Gasteiger charge is -2.35. The van der Waals surface area contributed by atoms with Crippen molar-refractivity contribution in [1.29, 1.82) is 0 Å². The third-order valence-corrected chi connectivity index (χ3v) is 3.96. The molecule has 2 rings (SSSR count). The van der Waals surface area contributed by atoms with Crippen LogP contribution in [0.4, 0.5) is 4.79 Å². The number of amides is 2. The van der Waals surface area contributed by atoms with Crippen LogP contribution in [-0.4, -0.2) is 48.6 Å². The van der Waals surface area contributed by atoms with Crippen molar-refractivity contribution in [2.45, 2.75) is 38.8 Å². The Morgan fingerprint density at radius 1 is 1.55 bits per heavy atom. The maximum absolute atomic E-state index is 12.1. The summed E-state index contributed by atoms with van der Waals surface area (Å²) in [5.41, 5.74) is 0. The lowest BCUT2D eigenvalue weighted by molar-refractivity contribution is 0.149. The van der Waals surface area contributed by atoms with E-state index in [1.807, 2.05) is 12.1 Å². The molecule has 0 radical (unpaired) electrons. The summed E-state index contributed by atoms with van der Waals surface area (Å²) in [6, 6.07) is 4.16. The van der Waals surface area contributed by atoms with Crippen LogP contribution in [0.1, 0.15) is 31.9 Å². The number of hydrogen-bond donors (Lipinski definition) is 1. The molecule has 1 fully saturated rings. The number of piperidine rings is 1. The highest BCUT2D eigenvalue weighted by molar-refractivity contribution is 5.73. The molecule has 0 saturated carbocycles. The van der Waals surface area contributed by atoms with Crippen LogP contribution in [0.2, 0.25) is 0 Å². The monoisotopic (exact) mass is 279 g/mol. The summed E-state index contributed by atoms with van der Waals surface area (Å²) < 4.78 is 5.25. The summed E-state index contributed by atoms with van der Waals surface area (Å²) in [5.74, 6) is 0.801. The number of nitrogens with zero attached hydrogens (tertiary/aromatic N) is 2. The van der Waals surface area contributed by atoms with Gasteiger partial charge < -0.3 is 14.6 Å². The van der Waals surface area contributed by atoms with E-state index < -0.39 is 0 Å². The molecule has 1 atom stereocenters. The fourth-order valence-electron chi connectivity index (χ4n) is 2.76. The number of likely N-dealkylation sites (tertiary alicyclic amines) is 1. The lowest BCUT2D eigenvalue weighted by Crippen LogP contribution is -2.48. The van der Waals surface area contributed by atoms with Gasteiger partial charge >= 0.3 is 6.03 Å². The van der Waals surface area contributed by atoms with Gasteiger partial charge in [0.05, 0.1) is 12.8 Å². The Bertz CT molecular complexity index is 405. The Morgan fingerprint density at radius 3 is 3.10 bits per heavy atom. The molecule has 5 heteroatoms. The maximum atomic E-state index is 12.1. The molecule has 0 spiro atoms. The predicted octanol–water partition coefficient (Wildman–Crippen LogP) is 2.30. The smallest absolute Gasteiger partial charge is 0.317 e. The first-order chi connectivity index (χ1) is 9.70. The van der Waals surface area contributed by atoms with Gasteiger partial charge in [-0.25, -0.2) is 4.79 Å². The average Bonchev–Trinajstić information content (AvgIpc) is 2.97. The van der Waals surface area contributed by atoms with E-state index in [0.29, 0.717) is 12.6 Å². The Balaban J connectivity index is 1.76. The van der Waals surface area contributed by atoms with Crippen molar-refractivity contribution >= 4 is 6.03 Å². The molecular weight excluding hydrogens is 254 g/mol. The fourth-order valence-corrected chi connectivity index (χ4v) is 2.76. The van der Waals surface area contributed by atoms with Crippen LogP contribution >= 0.6 is 0 Å². The average molecular weight is 279 g/mol. The molecular formula is C15H25N3O2. The first kappa shape index (κ1) is 14.9. The van der Waals surface area contributed by atoms with Crippen molar-refractivity contribution in [2.75, 3.05) is 26.7 Å². The van der Waals surface area contributed by atoms with Crippen molar-refractivity contribution in [2.24, 2.45) is 0 Å². The summed E-state index contributed by atoms with van der Waals surface area (Å²) in [6.07, 6.45) is 5.34. The number of likely N-dealkylation sites (N-methyl/N-ethyl adjacent to an activating group) is 1. The van der Waals surface area contributed by atoms with E-state index in [1.54, 1.807) is 18.2 Å². The number of urea groups is 1. The molecule has 1 aliphatic heterocycles. The van der Waals surface area contributed by atoms with E-state index in [-0.39, 0.29) is 6.03 Å². The second kappa shape index (κ2) is 7.33. The molecule has 5 nitrogen and oxygen atoms in total. The molecule has 1 aromatic heterocycles. The fraction of sp³-hybridized carbons (Fsp3) is 0.667. The van der Waals surface area contributed by atoms with Crippen molar-refractivity contribution < 1.29 is 9.21 Å². The van der Waals surface area contributed by atoms with E-state index in [4.69, 9.17) is 4.42 Å². The molecule has 2 heterocycles. The Hall–Kier alpha value is -1.49. The minimum absolute atomic E-state index is 0.0389. The molecule has 0 bridgehead atoms. The third-order valence-electron chi connectivity index (χ3n) is 3.96. The Morgan fingerprint density at radius 2 is 2.40 bits per heavy atom.